The van der Waals surface area contributed by atoms with E-state index in [1.807, 2.05) is 57.2 Å². The normalized spacial score (nSPS) is 30.5. The van der Waals surface area contributed by atoms with E-state index in [9.17, 15) is 32.7 Å². The number of carbonyl (C=O) groups is 4. The minimum Gasteiger partial charge on any atom is -0.492 e. The molecule has 0 radical (unpaired) electrons. The van der Waals surface area contributed by atoms with Crippen molar-refractivity contribution in [1.29, 1.82) is 0 Å². The van der Waals surface area contributed by atoms with E-state index in [0.717, 1.165) is 11.8 Å². The van der Waals surface area contributed by atoms with Crippen molar-refractivity contribution in [1.82, 2.24) is 25.2 Å². The van der Waals surface area contributed by atoms with Gasteiger partial charge in [0, 0.05) is 23.1 Å². The molecule has 0 bridgehead atoms. The molecular weight excluding hydrogens is 678 g/mol. The number of hydrogen-bond donors (Lipinski definition) is 4. The van der Waals surface area contributed by atoms with Crippen molar-refractivity contribution in [3.05, 3.63) is 42.6 Å². The second-order valence-corrected chi connectivity index (χ2v) is 17.0. The summed E-state index contributed by atoms with van der Waals surface area (Å²) in [6, 6.07) is 5.10. The second kappa shape index (κ2) is 14.0. The number of amides is 4. The fourth-order valence-corrected chi connectivity index (χ4v) is 8.71. The van der Waals surface area contributed by atoms with Gasteiger partial charge in [0.2, 0.25) is 27.7 Å². The van der Waals surface area contributed by atoms with E-state index in [1.54, 1.807) is 13.1 Å². The summed E-state index contributed by atoms with van der Waals surface area (Å²) in [7, 11) is -4.00. The minimum absolute atomic E-state index is 0.0138. The maximum atomic E-state index is 14.4. The monoisotopic (exact) mass is 725 g/mol. The van der Waals surface area contributed by atoms with Crippen LogP contribution in [-0.2, 0) is 24.4 Å². The van der Waals surface area contributed by atoms with Crippen LogP contribution in [0.4, 0.5) is 4.79 Å². The lowest BCUT2D eigenvalue weighted by Gasteiger charge is -2.32. The molecule has 15 heteroatoms. The summed E-state index contributed by atoms with van der Waals surface area (Å²) >= 11 is 0. The molecule has 7 atom stereocenters. The molecule has 4 N–H and O–H groups in total. The third-order valence-electron chi connectivity index (χ3n) is 10.8. The van der Waals surface area contributed by atoms with Crippen molar-refractivity contribution in [2.24, 2.45) is 17.8 Å². The van der Waals surface area contributed by atoms with Gasteiger partial charge in [0.25, 0.3) is 5.91 Å². The van der Waals surface area contributed by atoms with Crippen LogP contribution >= 0.6 is 0 Å². The molecule has 3 fully saturated rings. The van der Waals surface area contributed by atoms with Gasteiger partial charge in [-0.3, -0.25) is 19.1 Å². The number of ether oxygens (including phenoxy) is 2. The highest BCUT2D eigenvalue weighted by molar-refractivity contribution is 7.91. The molecule has 1 aromatic carbocycles. The first-order valence-electron chi connectivity index (χ1n) is 17.7. The standard InChI is InChI=1S/C36H47N5O9S/c1-5-49-28-19-37-31(26-13-9-8-12-25(26)28)50-24-17-27-30(42)39-36(33(44)40-51(47,48)35(4)14-15-35)18-23(36)11-7-6-10-21(2)16-22(3)29(38-34(45)46)32(43)41(27)20-24/h7-9,11-13,19,21-24,27,29,38H,5-6,10,14-18,20H2,1-4H3,(H,39,42)(H,40,44)(H,45,46)/t21-,22+,23+,24+,27-,29-,36+/m0/s1. The van der Waals surface area contributed by atoms with E-state index in [1.165, 1.54) is 4.90 Å². The van der Waals surface area contributed by atoms with Crippen LogP contribution in [0.15, 0.2) is 42.6 Å². The Labute approximate surface area is 297 Å². The fourth-order valence-electron chi connectivity index (χ4n) is 7.39. The Hall–Kier alpha value is -4.40. The first-order valence-corrected chi connectivity index (χ1v) is 19.2. The third-order valence-corrected chi connectivity index (χ3v) is 13.0. The van der Waals surface area contributed by atoms with E-state index >= 15 is 0 Å². The number of carbonyl (C=O) groups excluding carboxylic acids is 3. The second-order valence-electron chi connectivity index (χ2n) is 14.8. The molecule has 1 saturated heterocycles. The van der Waals surface area contributed by atoms with Crippen molar-refractivity contribution in [3.63, 3.8) is 0 Å². The highest BCUT2D eigenvalue weighted by Gasteiger charge is 2.63. The lowest BCUT2D eigenvalue weighted by atomic mass is 9.88. The van der Waals surface area contributed by atoms with Crippen molar-refractivity contribution in [2.45, 2.75) is 101 Å². The van der Waals surface area contributed by atoms with Crippen molar-refractivity contribution < 1.29 is 42.2 Å². The number of allylic oxidation sites excluding steroid dienone is 1. The van der Waals surface area contributed by atoms with Gasteiger partial charge in [-0.1, -0.05) is 44.2 Å². The smallest absolute Gasteiger partial charge is 0.405 e. The zero-order chi connectivity index (χ0) is 36.7. The number of carboxylic acid groups (broad SMARTS) is 1. The maximum Gasteiger partial charge on any atom is 0.405 e. The zero-order valence-electron chi connectivity index (χ0n) is 29.4. The maximum absolute atomic E-state index is 14.4. The van der Waals surface area contributed by atoms with Crippen LogP contribution in [-0.4, -0.2) is 88.8 Å². The summed E-state index contributed by atoms with van der Waals surface area (Å²) in [6.45, 7) is 7.67. The molecule has 6 rings (SSSR count). The van der Waals surface area contributed by atoms with Gasteiger partial charge in [0.05, 0.1) is 24.1 Å². The molecule has 0 unspecified atom stereocenters. The average Bonchev–Trinajstić information content (AvgIpc) is 3.96. The van der Waals surface area contributed by atoms with Gasteiger partial charge in [-0.25, -0.2) is 18.2 Å². The Morgan fingerprint density at radius 2 is 1.86 bits per heavy atom. The van der Waals surface area contributed by atoms with E-state index in [2.05, 4.69) is 20.3 Å². The first-order chi connectivity index (χ1) is 24.2. The molecule has 2 aliphatic carbocycles. The number of nitrogens with one attached hydrogen (secondary N) is 3. The van der Waals surface area contributed by atoms with Crippen molar-refractivity contribution in [3.8, 4) is 11.6 Å². The largest absolute Gasteiger partial charge is 0.492 e. The summed E-state index contributed by atoms with van der Waals surface area (Å²) in [5.74, 6) is -1.95. The van der Waals surface area contributed by atoms with Crippen LogP contribution in [0.25, 0.3) is 10.8 Å². The van der Waals surface area contributed by atoms with Gasteiger partial charge in [0.1, 0.15) is 29.5 Å². The van der Waals surface area contributed by atoms with Gasteiger partial charge in [-0.2, -0.15) is 0 Å². The molecule has 0 spiro atoms. The summed E-state index contributed by atoms with van der Waals surface area (Å²) in [5, 5.41) is 16.5. The Morgan fingerprint density at radius 3 is 2.55 bits per heavy atom. The summed E-state index contributed by atoms with van der Waals surface area (Å²) in [5.41, 5.74) is -1.54. The quantitative estimate of drug-likeness (QED) is 0.293. The molecule has 2 aromatic rings. The Morgan fingerprint density at radius 1 is 1.14 bits per heavy atom. The predicted octanol–water partition coefficient (Wildman–Crippen LogP) is 3.50. The molecule has 14 nitrogen and oxygen atoms in total. The summed E-state index contributed by atoms with van der Waals surface area (Å²) < 4.78 is 39.5. The van der Waals surface area contributed by atoms with Crippen LogP contribution in [0.3, 0.4) is 0 Å². The average molecular weight is 726 g/mol. The van der Waals surface area contributed by atoms with Crippen LogP contribution in [0.5, 0.6) is 11.6 Å². The molecule has 4 amide bonds. The Balaban J connectivity index is 1.34. The van der Waals surface area contributed by atoms with E-state index < -0.39 is 74.1 Å². The predicted molar refractivity (Wildman–Crippen MR) is 187 cm³/mol. The zero-order valence-corrected chi connectivity index (χ0v) is 30.2. The van der Waals surface area contributed by atoms with Crippen molar-refractivity contribution in [2.75, 3.05) is 13.2 Å². The van der Waals surface area contributed by atoms with Gasteiger partial charge in [-0.05, 0) is 70.3 Å². The topological polar surface area (TPSA) is 193 Å². The van der Waals surface area contributed by atoms with Crippen LogP contribution < -0.4 is 24.8 Å². The van der Waals surface area contributed by atoms with E-state index in [4.69, 9.17) is 9.47 Å². The van der Waals surface area contributed by atoms with E-state index in [0.29, 0.717) is 43.4 Å². The Bertz CT molecular complexity index is 1850. The van der Waals surface area contributed by atoms with Gasteiger partial charge in [0.15, 0.2) is 0 Å². The number of rotatable bonds is 8. The van der Waals surface area contributed by atoms with Crippen molar-refractivity contribution >= 4 is 44.6 Å². The summed E-state index contributed by atoms with van der Waals surface area (Å²) in [4.78, 5) is 60.2. The number of sulfonamides is 1. The molecule has 3 heterocycles. The number of benzene rings is 1. The molecule has 2 aliphatic heterocycles. The number of pyridine rings is 1. The van der Waals surface area contributed by atoms with Crippen LogP contribution in [0.1, 0.15) is 72.6 Å². The molecular formula is C36H47N5O9S. The molecule has 2 saturated carbocycles. The van der Waals surface area contributed by atoms with Gasteiger partial charge in [-0.15, -0.1) is 0 Å². The van der Waals surface area contributed by atoms with Crippen LogP contribution in [0, 0.1) is 17.8 Å². The highest BCUT2D eigenvalue weighted by Crippen LogP contribution is 2.47. The third kappa shape index (κ3) is 7.35. The number of nitrogens with zero attached hydrogens (tertiary/aromatic N) is 2. The SMILES string of the molecule is CCOc1cnc(O[C@@H]2C[C@H]3C(=O)N[C@]4(C(=O)NS(=O)(=O)C5(C)CC5)C[C@H]4C=CCC[C@H](C)C[C@@H](C)[C@H](NC(=O)O)C(=O)N3C2)c2ccccc12. The van der Waals surface area contributed by atoms with E-state index in [-0.39, 0.29) is 31.2 Å². The molecule has 51 heavy (non-hydrogen) atoms. The Kier molecular flexibility index (Phi) is 9.96. The fraction of sp³-hybridized carbons (Fsp3) is 0.583. The summed E-state index contributed by atoms with van der Waals surface area (Å²) in [6.07, 6.45) is 6.24. The van der Waals surface area contributed by atoms with Crippen LogP contribution in [0.2, 0.25) is 0 Å². The number of hydrogen-bond acceptors (Lipinski definition) is 9. The first kappa shape index (κ1) is 36.4. The molecule has 4 aliphatic rings. The van der Waals surface area contributed by atoms with Gasteiger partial charge >= 0.3 is 6.09 Å². The lowest BCUT2D eigenvalue weighted by Crippen LogP contribution is -2.59. The number of fused-ring (bicyclic) bond motifs is 3. The lowest BCUT2D eigenvalue weighted by molar-refractivity contribution is -0.142. The molecule has 1 aromatic heterocycles. The van der Waals surface area contributed by atoms with Gasteiger partial charge < -0.3 is 30.1 Å². The molecule has 276 valence electrons. The number of aromatic nitrogens is 1. The highest BCUT2D eigenvalue weighted by atomic mass is 32.2. The minimum atomic E-state index is -4.00.